The smallest absolute Gasteiger partial charge is 0.367 e. The fraction of sp³-hybridized carbons (Fsp3) is 0.500. The van der Waals surface area contributed by atoms with Crippen LogP contribution < -0.4 is 0 Å². The van der Waals surface area contributed by atoms with E-state index in [4.69, 9.17) is 0 Å². The summed E-state index contributed by atoms with van der Waals surface area (Å²) < 4.78 is 8.44. The standard InChI is InChI=1S/C4H6O4S/c1-3(7-2-5)8-4(6)9/h2-3H,1H3,(H,6,9). The van der Waals surface area contributed by atoms with Crippen molar-refractivity contribution in [3.8, 4) is 0 Å². The molecule has 0 aliphatic heterocycles. The lowest BCUT2D eigenvalue weighted by Gasteiger charge is -2.06. The van der Waals surface area contributed by atoms with Crippen LogP contribution in [0.2, 0.25) is 0 Å². The lowest BCUT2D eigenvalue weighted by molar-refractivity contribution is -0.147. The summed E-state index contributed by atoms with van der Waals surface area (Å²) in [4.78, 5) is 19.5. The molecule has 0 saturated heterocycles. The van der Waals surface area contributed by atoms with Crippen LogP contribution in [0.1, 0.15) is 6.92 Å². The first-order chi connectivity index (χ1) is 4.16. The Hall–Kier alpha value is -0.710. The Bertz CT molecular complexity index is 113. The maximum atomic E-state index is 9.98. The number of rotatable bonds is 3. The molecule has 0 bridgehead atoms. The predicted octanol–water partition coefficient (Wildman–Crippen LogP) is 0.572. The van der Waals surface area contributed by atoms with Crippen molar-refractivity contribution in [2.24, 2.45) is 0 Å². The van der Waals surface area contributed by atoms with E-state index in [2.05, 4.69) is 22.1 Å². The van der Waals surface area contributed by atoms with Crippen LogP contribution in [0.25, 0.3) is 0 Å². The van der Waals surface area contributed by atoms with Gasteiger partial charge in [0.1, 0.15) is 0 Å². The molecule has 0 aromatic rings. The molecule has 0 aromatic carbocycles. The average molecular weight is 150 g/mol. The van der Waals surface area contributed by atoms with E-state index in [0.29, 0.717) is 0 Å². The maximum Gasteiger partial charge on any atom is 0.367 e. The van der Waals surface area contributed by atoms with Crippen LogP contribution in [0.5, 0.6) is 0 Å². The van der Waals surface area contributed by atoms with Crippen molar-refractivity contribution in [2.45, 2.75) is 13.2 Å². The molecule has 9 heavy (non-hydrogen) atoms. The van der Waals surface area contributed by atoms with Gasteiger partial charge in [0.05, 0.1) is 0 Å². The third kappa shape index (κ3) is 5.16. The van der Waals surface area contributed by atoms with Crippen LogP contribution in [0.3, 0.4) is 0 Å². The van der Waals surface area contributed by atoms with E-state index >= 15 is 0 Å². The number of carbonyl (C=O) groups is 2. The Labute approximate surface area is 57.5 Å². The number of hydrogen-bond donors (Lipinski definition) is 1. The first kappa shape index (κ1) is 8.29. The van der Waals surface area contributed by atoms with E-state index < -0.39 is 11.6 Å². The van der Waals surface area contributed by atoms with Gasteiger partial charge in [-0.15, -0.1) is 0 Å². The molecule has 0 N–H and O–H groups in total. The highest BCUT2D eigenvalue weighted by Crippen LogP contribution is 1.94. The molecule has 0 rings (SSSR count). The highest BCUT2D eigenvalue weighted by atomic mass is 32.1. The minimum Gasteiger partial charge on any atom is -0.428 e. The molecule has 1 unspecified atom stereocenters. The summed E-state index contributed by atoms with van der Waals surface area (Å²) in [6, 6.07) is 0. The van der Waals surface area contributed by atoms with E-state index in [9.17, 15) is 9.59 Å². The van der Waals surface area contributed by atoms with Gasteiger partial charge in [-0.1, -0.05) is 12.6 Å². The molecule has 0 aliphatic rings. The van der Waals surface area contributed by atoms with Crippen LogP contribution in [0.4, 0.5) is 4.79 Å². The van der Waals surface area contributed by atoms with Crippen molar-refractivity contribution in [1.82, 2.24) is 0 Å². The molecule has 0 aromatic heterocycles. The van der Waals surface area contributed by atoms with Crippen LogP contribution >= 0.6 is 12.6 Å². The minimum absolute atomic E-state index is 0.196. The summed E-state index contributed by atoms with van der Waals surface area (Å²) in [7, 11) is 0. The molecule has 4 nitrogen and oxygen atoms in total. The first-order valence-corrected chi connectivity index (χ1v) is 2.60. The van der Waals surface area contributed by atoms with Gasteiger partial charge >= 0.3 is 5.30 Å². The van der Waals surface area contributed by atoms with Gasteiger partial charge in [0.25, 0.3) is 6.47 Å². The molecule has 0 heterocycles. The summed E-state index contributed by atoms with van der Waals surface area (Å²) in [6.07, 6.45) is -0.854. The van der Waals surface area contributed by atoms with E-state index in [1.165, 1.54) is 6.92 Å². The molecule has 0 fully saturated rings. The van der Waals surface area contributed by atoms with Gasteiger partial charge in [-0.2, -0.15) is 0 Å². The van der Waals surface area contributed by atoms with E-state index in [1.54, 1.807) is 0 Å². The molecule has 5 heteroatoms. The SMILES string of the molecule is CC(OC=O)OC(=O)S. The van der Waals surface area contributed by atoms with Crippen molar-refractivity contribution >= 4 is 24.4 Å². The molecule has 0 spiro atoms. The zero-order valence-corrected chi connectivity index (χ0v) is 5.63. The third-order valence-electron chi connectivity index (χ3n) is 0.514. The second-order valence-corrected chi connectivity index (χ2v) is 1.55. The Kier molecular flexibility index (Phi) is 3.87. The zero-order chi connectivity index (χ0) is 7.28. The van der Waals surface area contributed by atoms with Crippen LogP contribution in [-0.2, 0) is 14.3 Å². The van der Waals surface area contributed by atoms with Crippen LogP contribution in [0.15, 0.2) is 0 Å². The fourth-order valence-electron chi connectivity index (χ4n) is 0.248. The third-order valence-corrected chi connectivity index (χ3v) is 0.619. The Morgan fingerprint density at radius 1 is 1.78 bits per heavy atom. The van der Waals surface area contributed by atoms with Crippen molar-refractivity contribution in [3.63, 3.8) is 0 Å². The van der Waals surface area contributed by atoms with Crippen molar-refractivity contribution in [2.75, 3.05) is 0 Å². The van der Waals surface area contributed by atoms with Crippen LogP contribution in [0, 0.1) is 0 Å². The fourth-order valence-corrected chi connectivity index (χ4v) is 0.396. The number of thiol groups is 1. The molecule has 52 valence electrons. The summed E-state index contributed by atoms with van der Waals surface area (Å²) in [5.41, 5.74) is 0. The Morgan fingerprint density at radius 2 is 2.33 bits per heavy atom. The summed E-state index contributed by atoms with van der Waals surface area (Å²) in [5.74, 6) is 0. The van der Waals surface area contributed by atoms with Gasteiger partial charge in [-0.3, -0.25) is 4.79 Å². The Balaban J connectivity index is 3.37. The zero-order valence-electron chi connectivity index (χ0n) is 4.73. The van der Waals surface area contributed by atoms with Crippen molar-refractivity contribution < 1.29 is 19.1 Å². The quantitative estimate of drug-likeness (QED) is 0.276. The number of carbonyl (C=O) groups excluding carboxylic acids is 2. The van der Waals surface area contributed by atoms with Crippen molar-refractivity contribution in [3.05, 3.63) is 0 Å². The summed E-state index contributed by atoms with van der Waals surface area (Å²) in [6.45, 7) is 1.60. The molecule has 0 amide bonds. The van der Waals surface area contributed by atoms with Gasteiger partial charge < -0.3 is 9.47 Å². The monoisotopic (exact) mass is 150 g/mol. The second-order valence-electron chi connectivity index (χ2n) is 1.18. The molecule has 1 atom stereocenters. The molecular formula is C4H6O4S. The maximum absolute atomic E-state index is 9.98. The van der Waals surface area contributed by atoms with Crippen LogP contribution in [-0.4, -0.2) is 18.1 Å². The minimum atomic E-state index is -0.854. The van der Waals surface area contributed by atoms with Crippen molar-refractivity contribution in [1.29, 1.82) is 0 Å². The lowest BCUT2D eigenvalue weighted by atomic mass is 10.8. The molecule has 0 aliphatic carbocycles. The average Bonchev–Trinajstić information content (AvgIpc) is 1.63. The summed E-state index contributed by atoms with van der Waals surface area (Å²) >= 11 is 3.27. The van der Waals surface area contributed by atoms with Gasteiger partial charge in [0.15, 0.2) is 0 Å². The van der Waals surface area contributed by atoms with E-state index in [-0.39, 0.29) is 6.47 Å². The highest BCUT2D eigenvalue weighted by molar-refractivity contribution is 7.96. The van der Waals surface area contributed by atoms with E-state index in [1.807, 2.05) is 0 Å². The second kappa shape index (κ2) is 4.20. The molecular weight excluding hydrogens is 144 g/mol. The topological polar surface area (TPSA) is 52.6 Å². The van der Waals surface area contributed by atoms with Gasteiger partial charge in [-0.05, 0) is 0 Å². The lowest BCUT2D eigenvalue weighted by Crippen LogP contribution is -2.12. The number of ether oxygens (including phenoxy) is 2. The largest absolute Gasteiger partial charge is 0.428 e. The number of hydrogen-bond acceptors (Lipinski definition) is 4. The first-order valence-electron chi connectivity index (χ1n) is 2.15. The molecule has 0 radical (unpaired) electrons. The molecule has 0 saturated carbocycles. The Morgan fingerprint density at radius 3 is 2.67 bits per heavy atom. The van der Waals surface area contributed by atoms with E-state index in [0.717, 1.165) is 0 Å². The van der Waals surface area contributed by atoms with Gasteiger partial charge in [0, 0.05) is 6.92 Å². The highest BCUT2D eigenvalue weighted by Gasteiger charge is 2.03. The predicted molar refractivity (Wildman–Crippen MR) is 32.1 cm³/mol. The summed E-state index contributed by atoms with van der Waals surface area (Å²) in [5, 5.41) is -0.774. The van der Waals surface area contributed by atoms with Gasteiger partial charge in [0.2, 0.25) is 6.29 Å². The normalized spacial score (nSPS) is 11.8. The van der Waals surface area contributed by atoms with Gasteiger partial charge in [-0.25, -0.2) is 4.79 Å².